The first-order valence-corrected chi connectivity index (χ1v) is 6.84. The summed E-state index contributed by atoms with van der Waals surface area (Å²) in [6.45, 7) is 7.77. The summed E-state index contributed by atoms with van der Waals surface area (Å²) in [5.74, 6) is 0. The summed E-state index contributed by atoms with van der Waals surface area (Å²) in [7, 11) is 0. The standard InChI is InChI=1S/C15H22N2O3/c1-11-4-6-12(7-5-11)17-14(18)19-9-13-8-16-10-15(2,3)20-13/h4-7,13,16H,8-10H2,1-3H3,(H,17,18). The molecule has 0 saturated carbocycles. The molecule has 1 fully saturated rings. The van der Waals surface area contributed by atoms with Gasteiger partial charge >= 0.3 is 6.09 Å². The van der Waals surface area contributed by atoms with Gasteiger partial charge in [-0.1, -0.05) is 17.7 Å². The zero-order chi connectivity index (χ0) is 14.6. The Labute approximate surface area is 119 Å². The van der Waals surface area contributed by atoms with Gasteiger partial charge in [0.15, 0.2) is 0 Å². The van der Waals surface area contributed by atoms with Gasteiger partial charge in [-0.25, -0.2) is 4.79 Å². The smallest absolute Gasteiger partial charge is 0.411 e. The zero-order valence-electron chi connectivity index (χ0n) is 12.2. The van der Waals surface area contributed by atoms with Crippen LogP contribution in [0.2, 0.25) is 0 Å². The molecule has 1 atom stereocenters. The van der Waals surface area contributed by atoms with Crippen molar-refractivity contribution in [2.75, 3.05) is 25.0 Å². The zero-order valence-corrected chi connectivity index (χ0v) is 12.2. The molecule has 0 bridgehead atoms. The molecule has 0 aliphatic carbocycles. The molecule has 2 N–H and O–H groups in total. The fourth-order valence-electron chi connectivity index (χ4n) is 2.12. The maximum absolute atomic E-state index is 11.7. The van der Waals surface area contributed by atoms with Gasteiger partial charge in [0.05, 0.1) is 5.60 Å². The molecular weight excluding hydrogens is 256 g/mol. The fourth-order valence-corrected chi connectivity index (χ4v) is 2.12. The molecule has 5 heteroatoms. The van der Waals surface area contributed by atoms with Crippen molar-refractivity contribution >= 4 is 11.8 Å². The molecule has 1 aliphatic rings. The third-order valence-corrected chi connectivity index (χ3v) is 3.11. The van der Waals surface area contributed by atoms with E-state index in [1.165, 1.54) is 0 Å². The first-order valence-electron chi connectivity index (χ1n) is 6.84. The van der Waals surface area contributed by atoms with Crippen LogP contribution in [0.25, 0.3) is 0 Å². The average Bonchev–Trinajstić information content (AvgIpc) is 2.38. The summed E-state index contributed by atoms with van der Waals surface area (Å²) >= 11 is 0. The van der Waals surface area contributed by atoms with E-state index in [2.05, 4.69) is 10.6 Å². The molecular formula is C15H22N2O3. The summed E-state index contributed by atoms with van der Waals surface area (Å²) in [4.78, 5) is 11.7. The topological polar surface area (TPSA) is 59.6 Å². The maximum Gasteiger partial charge on any atom is 0.411 e. The predicted molar refractivity (Wildman–Crippen MR) is 78.0 cm³/mol. The Morgan fingerprint density at radius 2 is 2.15 bits per heavy atom. The lowest BCUT2D eigenvalue weighted by atomic mass is 10.1. The van der Waals surface area contributed by atoms with E-state index in [1.807, 2.05) is 45.0 Å². The van der Waals surface area contributed by atoms with Crippen LogP contribution in [0.15, 0.2) is 24.3 Å². The minimum Gasteiger partial charge on any atom is -0.446 e. The normalized spacial score (nSPS) is 21.2. The van der Waals surface area contributed by atoms with Crippen LogP contribution in [0.4, 0.5) is 10.5 Å². The van der Waals surface area contributed by atoms with Crippen molar-refractivity contribution < 1.29 is 14.3 Å². The second kappa shape index (κ2) is 6.24. The molecule has 20 heavy (non-hydrogen) atoms. The highest BCUT2D eigenvalue weighted by molar-refractivity contribution is 5.84. The lowest BCUT2D eigenvalue weighted by Crippen LogP contribution is -2.52. The Morgan fingerprint density at radius 3 is 2.80 bits per heavy atom. The van der Waals surface area contributed by atoms with Crippen molar-refractivity contribution in [1.82, 2.24) is 5.32 Å². The van der Waals surface area contributed by atoms with E-state index in [-0.39, 0.29) is 18.3 Å². The molecule has 1 aliphatic heterocycles. The highest BCUT2D eigenvalue weighted by Gasteiger charge is 2.28. The maximum atomic E-state index is 11.7. The molecule has 5 nitrogen and oxygen atoms in total. The van der Waals surface area contributed by atoms with Gasteiger partial charge in [-0.15, -0.1) is 0 Å². The van der Waals surface area contributed by atoms with Crippen molar-refractivity contribution in [3.05, 3.63) is 29.8 Å². The summed E-state index contributed by atoms with van der Waals surface area (Å²) in [5, 5.41) is 5.96. The van der Waals surface area contributed by atoms with Crippen LogP contribution in [0.5, 0.6) is 0 Å². The number of amides is 1. The van der Waals surface area contributed by atoms with E-state index >= 15 is 0 Å². The van der Waals surface area contributed by atoms with Gasteiger partial charge in [0, 0.05) is 18.8 Å². The molecule has 1 heterocycles. The number of anilines is 1. The van der Waals surface area contributed by atoms with Crippen molar-refractivity contribution in [2.45, 2.75) is 32.5 Å². The van der Waals surface area contributed by atoms with Crippen LogP contribution < -0.4 is 10.6 Å². The van der Waals surface area contributed by atoms with E-state index in [0.29, 0.717) is 6.54 Å². The third kappa shape index (κ3) is 4.51. The Bertz CT molecular complexity index is 457. The van der Waals surface area contributed by atoms with Gasteiger partial charge in [0.1, 0.15) is 12.7 Å². The molecule has 1 aromatic rings. The Morgan fingerprint density at radius 1 is 1.45 bits per heavy atom. The molecule has 110 valence electrons. The van der Waals surface area contributed by atoms with Crippen LogP contribution in [0, 0.1) is 6.92 Å². The molecule has 1 amide bonds. The molecule has 1 aromatic carbocycles. The second-order valence-corrected chi connectivity index (χ2v) is 5.72. The first kappa shape index (κ1) is 14.8. The van der Waals surface area contributed by atoms with E-state index in [1.54, 1.807) is 0 Å². The lowest BCUT2D eigenvalue weighted by Gasteiger charge is -2.36. The minimum atomic E-state index is -0.458. The van der Waals surface area contributed by atoms with Crippen molar-refractivity contribution in [1.29, 1.82) is 0 Å². The van der Waals surface area contributed by atoms with Gasteiger partial charge < -0.3 is 14.8 Å². The molecule has 1 saturated heterocycles. The van der Waals surface area contributed by atoms with Gasteiger partial charge in [-0.2, -0.15) is 0 Å². The van der Waals surface area contributed by atoms with E-state index in [4.69, 9.17) is 9.47 Å². The Kier molecular flexibility index (Phi) is 4.62. The highest BCUT2D eigenvalue weighted by Crippen LogP contribution is 2.15. The average molecular weight is 278 g/mol. The van der Waals surface area contributed by atoms with Crippen LogP contribution in [-0.2, 0) is 9.47 Å². The molecule has 0 aromatic heterocycles. The van der Waals surface area contributed by atoms with Crippen molar-refractivity contribution in [2.24, 2.45) is 0 Å². The molecule has 0 spiro atoms. The van der Waals surface area contributed by atoms with Gasteiger partial charge in [-0.05, 0) is 32.9 Å². The highest BCUT2D eigenvalue weighted by atomic mass is 16.6. The fraction of sp³-hybridized carbons (Fsp3) is 0.533. The van der Waals surface area contributed by atoms with Crippen molar-refractivity contribution in [3.8, 4) is 0 Å². The van der Waals surface area contributed by atoms with E-state index < -0.39 is 6.09 Å². The number of hydrogen-bond donors (Lipinski definition) is 2. The summed E-state index contributed by atoms with van der Waals surface area (Å²) in [6.07, 6.45) is -0.566. The van der Waals surface area contributed by atoms with Gasteiger partial charge in [-0.3, -0.25) is 5.32 Å². The summed E-state index contributed by atoms with van der Waals surface area (Å²) in [5.41, 5.74) is 1.65. The third-order valence-electron chi connectivity index (χ3n) is 3.11. The molecule has 0 radical (unpaired) electrons. The minimum absolute atomic E-state index is 0.109. The number of nitrogens with one attached hydrogen (secondary N) is 2. The Hall–Kier alpha value is -1.59. The van der Waals surface area contributed by atoms with Crippen LogP contribution in [0.3, 0.4) is 0 Å². The number of benzene rings is 1. The lowest BCUT2D eigenvalue weighted by molar-refractivity contribution is -0.110. The van der Waals surface area contributed by atoms with Gasteiger partial charge in [0.25, 0.3) is 0 Å². The number of carbonyl (C=O) groups excluding carboxylic acids is 1. The number of ether oxygens (including phenoxy) is 2. The first-order chi connectivity index (χ1) is 9.44. The van der Waals surface area contributed by atoms with E-state index in [0.717, 1.165) is 17.8 Å². The SMILES string of the molecule is Cc1ccc(NC(=O)OCC2CNCC(C)(C)O2)cc1. The molecule has 2 rings (SSSR count). The number of morpholine rings is 1. The van der Waals surface area contributed by atoms with Crippen LogP contribution >= 0.6 is 0 Å². The summed E-state index contributed by atoms with van der Waals surface area (Å²) in [6, 6.07) is 7.56. The number of aryl methyl sites for hydroxylation is 1. The van der Waals surface area contributed by atoms with Crippen LogP contribution in [0.1, 0.15) is 19.4 Å². The Balaban J connectivity index is 1.76. The quantitative estimate of drug-likeness (QED) is 0.890. The second-order valence-electron chi connectivity index (χ2n) is 5.72. The molecule has 1 unspecified atom stereocenters. The number of rotatable bonds is 3. The number of hydrogen-bond acceptors (Lipinski definition) is 4. The van der Waals surface area contributed by atoms with Crippen molar-refractivity contribution in [3.63, 3.8) is 0 Å². The number of carbonyl (C=O) groups is 1. The van der Waals surface area contributed by atoms with Gasteiger partial charge in [0.2, 0.25) is 0 Å². The monoisotopic (exact) mass is 278 g/mol. The summed E-state index contributed by atoms with van der Waals surface area (Å²) < 4.78 is 11.0. The van der Waals surface area contributed by atoms with E-state index in [9.17, 15) is 4.79 Å². The van der Waals surface area contributed by atoms with Crippen LogP contribution in [-0.4, -0.2) is 37.5 Å². The predicted octanol–water partition coefficient (Wildman–Crippen LogP) is 2.31. The largest absolute Gasteiger partial charge is 0.446 e.